The van der Waals surface area contributed by atoms with Crippen LogP contribution in [0.5, 0.6) is 0 Å². The van der Waals surface area contributed by atoms with Gasteiger partial charge >= 0.3 is 0 Å². The summed E-state index contributed by atoms with van der Waals surface area (Å²) >= 11 is 0. The van der Waals surface area contributed by atoms with Gasteiger partial charge in [0, 0.05) is 19.3 Å². The van der Waals surface area contributed by atoms with Crippen LogP contribution in [-0.2, 0) is 17.8 Å². The lowest BCUT2D eigenvalue weighted by molar-refractivity contribution is -0.131. The van der Waals surface area contributed by atoms with Crippen molar-refractivity contribution in [1.82, 2.24) is 14.7 Å². The second kappa shape index (κ2) is 6.27. The van der Waals surface area contributed by atoms with Crippen LogP contribution in [0.25, 0.3) is 0 Å². The molecule has 16 heavy (non-hydrogen) atoms. The first-order valence-electron chi connectivity index (χ1n) is 5.70. The molecular formula is C11H20N4O. The molecule has 0 aliphatic carbocycles. The van der Waals surface area contributed by atoms with Crippen molar-refractivity contribution < 1.29 is 4.79 Å². The first-order chi connectivity index (χ1) is 7.71. The highest BCUT2D eigenvalue weighted by atomic mass is 16.2. The monoisotopic (exact) mass is 224 g/mol. The molecule has 0 unspecified atom stereocenters. The largest absolute Gasteiger partial charge is 0.342 e. The lowest BCUT2D eigenvalue weighted by atomic mass is 10.3. The van der Waals surface area contributed by atoms with Crippen LogP contribution in [0.15, 0.2) is 12.4 Å². The maximum absolute atomic E-state index is 11.8. The third-order valence-electron chi connectivity index (χ3n) is 2.53. The highest BCUT2D eigenvalue weighted by Gasteiger charge is 2.10. The third kappa shape index (κ3) is 3.34. The zero-order chi connectivity index (χ0) is 12.0. The van der Waals surface area contributed by atoms with Gasteiger partial charge in [0.15, 0.2) is 0 Å². The Hall–Kier alpha value is -1.36. The van der Waals surface area contributed by atoms with Gasteiger partial charge in [-0.3, -0.25) is 9.48 Å². The Morgan fingerprint density at radius 1 is 1.50 bits per heavy atom. The number of hydrogen-bond acceptors (Lipinski definition) is 3. The summed E-state index contributed by atoms with van der Waals surface area (Å²) in [5.41, 5.74) is 6.53. The van der Waals surface area contributed by atoms with Crippen LogP contribution >= 0.6 is 0 Å². The van der Waals surface area contributed by atoms with E-state index in [1.54, 1.807) is 15.8 Å². The number of rotatable bonds is 6. The Kier molecular flexibility index (Phi) is 4.98. The summed E-state index contributed by atoms with van der Waals surface area (Å²) in [6.45, 7) is 6.36. The van der Waals surface area contributed by atoms with Crippen molar-refractivity contribution in [3.05, 3.63) is 18.0 Å². The number of amides is 1. The molecule has 0 bridgehead atoms. The molecule has 1 heterocycles. The van der Waals surface area contributed by atoms with Crippen LogP contribution in [0.2, 0.25) is 0 Å². The van der Waals surface area contributed by atoms with Gasteiger partial charge in [-0.25, -0.2) is 0 Å². The van der Waals surface area contributed by atoms with E-state index >= 15 is 0 Å². The number of carbonyl (C=O) groups is 1. The molecule has 2 N–H and O–H groups in total. The first-order valence-corrected chi connectivity index (χ1v) is 5.70. The average Bonchev–Trinajstić information content (AvgIpc) is 2.68. The molecule has 0 atom stereocenters. The zero-order valence-corrected chi connectivity index (χ0v) is 10.0. The fourth-order valence-corrected chi connectivity index (χ4v) is 1.60. The van der Waals surface area contributed by atoms with Crippen molar-refractivity contribution in [2.45, 2.75) is 26.8 Å². The Morgan fingerprint density at radius 2 is 2.19 bits per heavy atom. The third-order valence-corrected chi connectivity index (χ3v) is 2.53. The SMILES string of the molecule is CCN(CC)C(=O)Cn1cc(CCN)cn1. The van der Waals surface area contributed by atoms with Gasteiger partial charge in [-0.2, -0.15) is 5.10 Å². The van der Waals surface area contributed by atoms with E-state index < -0.39 is 0 Å². The van der Waals surface area contributed by atoms with Crippen molar-refractivity contribution in [1.29, 1.82) is 0 Å². The minimum atomic E-state index is 0.104. The molecule has 0 saturated heterocycles. The molecule has 1 rings (SSSR count). The van der Waals surface area contributed by atoms with Gasteiger partial charge in [-0.05, 0) is 32.4 Å². The van der Waals surface area contributed by atoms with Gasteiger partial charge < -0.3 is 10.6 Å². The Balaban J connectivity index is 2.55. The summed E-state index contributed by atoms with van der Waals surface area (Å²) in [4.78, 5) is 13.6. The number of hydrogen-bond donors (Lipinski definition) is 1. The molecule has 0 aromatic carbocycles. The number of aromatic nitrogens is 2. The molecule has 5 heteroatoms. The normalized spacial score (nSPS) is 10.4. The van der Waals surface area contributed by atoms with Crippen LogP contribution in [0, 0.1) is 0 Å². The van der Waals surface area contributed by atoms with Crippen LogP contribution in [0.1, 0.15) is 19.4 Å². The van der Waals surface area contributed by atoms with Crippen molar-refractivity contribution in [3.63, 3.8) is 0 Å². The van der Waals surface area contributed by atoms with Crippen LogP contribution in [-0.4, -0.2) is 40.2 Å². The van der Waals surface area contributed by atoms with Crippen molar-refractivity contribution in [2.24, 2.45) is 5.73 Å². The molecule has 0 spiro atoms. The van der Waals surface area contributed by atoms with Gasteiger partial charge in [0.05, 0.1) is 6.20 Å². The average molecular weight is 224 g/mol. The number of nitrogens with zero attached hydrogens (tertiary/aromatic N) is 3. The van der Waals surface area contributed by atoms with Crippen LogP contribution in [0.3, 0.4) is 0 Å². The van der Waals surface area contributed by atoms with E-state index in [9.17, 15) is 4.79 Å². The van der Waals surface area contributed by atoms with E-state index in [-0.39, 0.29) is 5.91 Å². The first kappa shape index (κ1) is 12.7. The van der Waals surface area contributed by atoms with E-state index in [0.717, 1.165) is 25.1 Å². The van der Waals surface area contributed by atoms with Crippen molar-refractivity contribution in [2.75, 3.05) is 19.6 Å². The zero-order valence-electron chi connectivity index (χ0n) is 10.0. The highest BCUT2D eigenvalue weighted by molar-refractivity contribution is 5.75. The fourth-order valence-electron chi connectivity index (χ4n) is 1.60. The molecule has 1 aromatic rings. The second-order valence-corrected chi connectivity index (χ2v) is 3.65. The van der Waals surface area contributed by atoms with E-state index in [2.05, 4.69) is 5.10 Å². The van der Waals surface area contributed by atoms with E-state index in [1.165, 1.54) is 0 Å². The lowest BCUT2D eigenvalue weighted by Crippen LogP contribution is -2.33. The molecule has 0 aliphatic rings. The molecule has 1 amide bonds. The summed E-state index contributed by atoms with van der Waals surface area (Å²) in [5.74, 6) is 0.104. The molecule has 0 radical (unpaired) electrons. The topological polar surface area (TPSA) is 64.2 Å². The van der Waals surface area contributed by atoms with Crippen molar-refractivity contribution in [3.8, 4) is 0 Å². The van der Waals surface area contributed by atoms with Crippen LogP contribution in [0.4, 0.5) is 0 Å². The second-order valence-electron chi connectivity index (χ2n) is 3.65. The van der Waals surface area contributed by atoms with Gasteiger partial charge in [0.2, 0.25) is 5.91 Å². The highest BCUT2D eigenvalue weighted by Crippen LogP contribution is 1.99. The standard InChI is InChI=1S/C11H20N4O/c1-3-14(4-2)11(16)9-15-8-10(5-6-12)7-13-15/h7-8H,3-6,9,12H2,1-2H3. The smallest absolute Gasteiger partial charge is 0.244 e. The fraction of sp³-hybridized carbons (Fsp3) is 0.636. The van der Waals surface area contributed by atoms with Gasteiger partial charge in [0.25, 0.3) is 0 Å². The molecule has 5 nitrogen and oxygen atoms in total. The molecule has 0 saturated carbocycles. The predicted octanol–water partition coefficient (Wildman–Crippen LogP) is 0.253. The van der Waals surface area contributed by atoms with Crippen LogP contribution < -0.4 is 5.73 Å². The number of likely N-dealkylation sites (N-methyl/N-ethyl adjacent to an activating group) is 1. The minimum absolute atomic E-state index is 0.104. The van der Waals surface area contributed by atoms with E-state index in [0.29, 0.717) is 13.1 Å². The predicted molar refractivity (Wildman–Crippen MR) is 62.9 cm³/mol. The quantitative estimate of drug-likeness (QED) is 0.753. The maximum Gasteiger partial charge on any atom is 0.244 e. The molecule has 0 aliphatic heterocycles. The summed E-state index contributed by atoms with van der Waals surface area (Å²) < 4.78 is 1.67. The van der Waals surface area contributed by atoms with Gasteiger partial charge in [-0.15, -0.1) is 0 Å². The van der Waals surface area contributed by atoms with E-state index in [4.69, 9.17) is 5.73 Å². The summed E-state index contributed by atoms with van der Waals surface area (Å²) in [6.07, 6.45) is 4.45. The lowest BCUT2D eigenvalue weighted by Gasteiger charge is -2.18. The molecular weight excluding hydrogens is 204 g/mol. The Bertz CT molecular complexity index is 330. The van der Waals surface area contributed by atoms with E-state index in [1.807, 2.05) is 20.0 Å². The summed E-state index contributed by atoms with van der Waals surface area (Å²) in [5, 5.41) is 4.14. The number of carbonyl (C=O) groups excluding carboxylic acids is 1. The van der Waals surface area contributed by atoms with Gasteiger partial charge in [0.1, 0.15) is 6.54 Å². The van der Waals surface area contributed by atoms with Crippen molar-refractivity contribution >= 4 is 5.91 Å². The molecule has 0 fully saturated rings. The van der Waals surface area contributed by atoms with Gasteiger partial charge in [-0.1, -0.05) is 0 Å². The molecule has 1 aromatic heterocycles. The molecule has 90 valence electrons. The Morgan fingerprint density at radius 3 is 2.75 bits per heavy atom. The summed E-state index contributed by atoms with van der Waals surface area (Å²) in [7, 11) is 0. The Labute approximate surface area is 96.2 Å². The number of nitrogens with two attached hydrogens (primary N) is 1. The summed E-state index contributed by atoms with van der Waals surface area (Å²) in [6, 6.07) is 0. The maximum atomic E-state index is 11.8. The minimum Gasteiger partial charge on any atom is -0.342 e.